The maximum atomic E-state index is 14.4. The highest BCUT2D eigenvalue weighted by molar-refractivity contribution is 7.07. The fraction of sp³-hybridized carbons (Fsp3) is 0.219. The Morgan fingerprint density at radius 2 is 1.74 bits per heavy atom. The molecule has 0 saturated heterocycles. The molecule has 240 valence electrons. The van der Waals surface area contributed by atoms with Gasteiger partial charge in [0.2, 0.25) is 0 Å². The van der Waals surface area contributed by atoms with Gasteiger partial charge < -0.3 is 14.2 Å². The van der Waals surface area contributed by atoms with Gasteiger partial charge in [-0.3, -0.25) is 9.36 Å². The average Bonchev–Trinajstić information content (AvgIpc) is 3.30. The van der Waals surface area contributed by atoms with Crippen molar-refractivity contribution in [1.29, 1.82) is 0 Å². The number of carbonyl (C=O) groups is 1. The van der Waals surface area contributed by atoms with E-state index in [4.69, 9.17) is 49.0 Å². The summed E-state index contributed by atoms with van der Waals surface area (Å²) in [5.41, 5.74) is -1.51. The van der Waals surface area contributed by atoms with Crippen LogP contribution >= 0.6 is 46.1 Å². The summed E-state index contributed by atoms with van der Waals surface area (Å²) < 4.78 is 60.9. The van der Waals surface area contributed by atoms with Gasteiger partial charge in [-0.25, -0.2) is 9.79 Å². The molecule has 0 aliphatic carbocycles. The summed E-state index contributed by atoms with van der Waals surface area (Å²) in [6.45, 7) is 3.47. The standard InChI is InChI=1S/C32H24Cl3F3N2O5S/c1-3-43-23-14-18(13-22(35)27(23)45-16-17-6-5-7-21(34)12-17)15-24-29(41)40-26(19-8-10-20(33)11-9-19)25(30(42)44-4-2)28(32(36,37)38)39-31(40)46-24/h5-15,26H,3-4,16H2,1-2H3/b24-15-/t26-/m1/s1. The quantitative estimate of drug-likeness (QED) is 0.171. The first-order valence-electron chi connectivity index (χ1n) is 13.8. The molecule has 0 amide bonds. The van der Waals surface area contributed by atoms with Crippen LogP contribution in [0.2, 0.25) is 15.1 Å². The van der Waals surface area contributed by atoms with Gasteiger partial charge in [0.25, 0.3) is 5.56 Å². The van der Waals surface area contributed by atoms with E-state index in [1.54, 1.807) is 31.2 Å². The second kappa shape index (κ2) is 13.9. The highest BCUT2D eigenvalue weighted by atomic mass is 35.5. The summed E-state index contributed by atoms with van der Waals surface area (Å²) in [6.07, 6.45) is -3.57. The molecule has 46 heavy (non-hydrogen) atoms. The Hall–Kier alpha value is -3.77. The fourth-order valence-corrected chi connectivity index (χ4v) is 6.42. The number of halogens is 6. The molecule has 1 atom stereocenters. The first kappa shape index (κ1) is 33.6. The zero-order chi connectivity index (χ0) is 33.2. The number of allylic oxidation sites excluding steroid dienone is 1. The van der Waals surface area contributed by atoms with Crippen LogP contribution in [0.5, 0.6) is 11.5 Å². The van der Waals surface area contributed by atoms with E-state index in [1.807, 2.05) is 6.07 Å². The van der Waals surface area contributed by atoms with Crippen LogP contribution in [0.25, 0.3) is 6.08 Å². The van der Waals surface area contributed by atoms with Crippen LogP contribution in [0.15, 0.2) is 81.7 Å². The largest absolute Gasteiger partial charge is 0.490 e. The van der Waals surface area contributed by atoms with Gasteiger partial charge in [0.15, 0.2) is 22.0 Å². The van der Waals surface area contributed by atoms with Crippen LogP contribution in [-0.4, -0.2) is 29.9 Å². The van der Waals surface area contributed by atoms with Crippen molar-refractivity contribution in [2.75, 3.05) is 13.2 Å². The molecule has 0 unspecified atom stereocenters. The summed E-state index contributed by atoms with van der Waals surface area (Å²) >= 11 is 19.4. The van der Waals surface area contributed by atoms with Crippen LogP contribution in [0, 0.1) is 0 Å². The number of fused-ring (bicyclic) bond motifs is 1. The number of alkyl halides is 3. The zero-order valence-corrected chi connectivity index (χ0v) is 27.2. The minimum atomic E-state index is -5.03. The smallest absolute Gasteiger partial charge is 0.434 e. The maximum absolute atomic E-state index is 14.4. The molecule has 14 heteroatoms. The average molecular weight is 712 g/mol. The minimum absolute atomic E-state index is 0.0375. The van der Waals surface area contributed by atoms with Crippen LogP contribution in [0.4, 0.5) is 13.2 Å². The third kappa shape index (κ3) is 7.12. The third-order valence-corrected chi connectivity index (χ3v) is 8.43. The van der Waals surface area contributed by atoms with E-state index < -0.39 is 35.0 Å². The lowest BCUT2D eigenvalue weighted by molar-refractivity contribution is -0.140. The van der Waals surface area contributed by atoms with Crippen molar-refractivity contribution < 1.29 is 32.2 Å². The van der Waals surface area contributed by atoms with E-state index in [-0.39, 0.29) is 45.5 Å². The lowest BCUT2D eigenvalue weighted by Gasteiger charge is -2.26. The van der Waals surface area contributed by atoms with Crippen molar-refractivity contribution >= 4 is 58.2 Å². The highest BCUT2D eigenvalue weighted by Gasteiger charge is 2.45. The van der Waals surface area contributed by atoms with Gasteiger partial charge in [0.1, 0.15) is 6.61 Å². The summed E-state index contributed by atoms with van der Waals surface area (Å²) in [4.78, 5) is 30.4. The lowest BCUT2D eigenvalue weighted by atomic mass is 9.95. The first-order chi connectivity index (χ1) is 21.9. The maximum Gasteiger partial charge on any atom is 0.434 e. The van der Waals surface area contributed by atoms with Crippen molar-refractivity contribution in [3.63, 3.8) is 0 Å². The van der Waals surface area contributed by atoms with Crippen molar-refractivity contribution in [3.05, 3.63) is 123 Å². The molecule has 0 saturated carbocycles. The van der Waals surface area contributed by atoms with E-state index >= 15 is 0 Å². The van der Waals surface area contributed by atoms with Crippen LogP contribution in [0.3, 0.4) is 0 Å². The van der Waals surface area contributed by atoms with E-state index in [1.165, 1.54) is 43.3 Å². The molecule has 2 heterocycles. The van der Waals surface area contributed by atoms with Gasteiger partial charge in [-0.2, -0.15) is 13.2 Å². The number of ether oxygens (including phenoxy) is 3. The second-order valence-electron chi connectivity index (χ2n) is 9.80. The van der Waals surface area contributed by atoms with Crippen LogP contribution in [-0.2, 0) is 16.1 Å². The molecule has 1 aliphatic heterocycles. The van der Waals surface area contributed by atoms with Gasteiger partial charge in [-0.05, 0) is 73.0 Å². The molecule has 1 aromatic heterocycles. The van der Waals surface area contributed by atoms with Crippen molar-refractivity contribution in [3.8, 4) is 11.5 Å². The highest BCUT2D eigenvalue weighted by Crippen LogP contribution is 2.39. The number of nitrogens with zero attached hydrogens (tertiary/aromatic N) is 2. The number of esters is 1. The molecule has 4 aromatic rings. The Morgan fingerprint density at radius 3 is 2.39 bits per heavy atom. The number of thiazole rings is 1. The van der Waals surface area contributed by atoms with Gasteiger partial charge in [0, 0.05) is 10.0 Å². The summed E-state index contributed by atoms with van der Waals surface area (Å²) in [6, 6.07) is 14.6. The number of rotatable bonds is 9. The Kier molecular flexibility index (Phi) is 10.2. The SMILES string of the molecule is CCOC(=O)C1=C(C(F)(F)F)N=c2s/c(=C\c3cc(Cl)c(OCc4cccc(Cl)c4)c(OCC)c3)c(=O)n2[C@@H]1c1ccc(Cl)cc1. The lowest BCUT2D eigenvalue weighted by Crippen LogP contribution is -2.41. The number of aromatic nitrogens is 1. The molecular weight excluding hydrogens is 688 g/mol. The van der Waals surface area contributed by atoms with Gasteiger partial charge >= 0.3 is 12.1 Å². The van der Waals surface area contributed by atoms with Crippen molar-refractivity contribution in [2.24, 2.45) is 4.99 Å². The van der Waals surface area contributed by atoms with Gasteiger partial charge in [-0.15, -0.1) is 0 Å². The fourth-order valence-electron chi connectivity index (χ4n) is 4.81. The Morgan fingerprint density at radius 1 is 1.00 bits per heavy atom. The van der Waals surface area contributed by atoms with Crippen molar-refractivity contribution in [2.45, 2.75) is 32.7 Å². The van der Waals surface area contributed by atoms with E-state index in [9.17, 15) is 22.8 Å². The Balaban J connectivity index is 1.65. The van der Waals surface area contributed by atoms with Crippen LogP contribution < -0.4 is 24.4 Å². The van der Waals surface area contributed by atoms with E-state index in [0.29, 0.717) is 21.4 Å². The summed E-state index contributed by atoms with van der Waals surface area (Å²) in [7, 11) is 0. The Bertz CT molecular complexity index is 2010. The predicted octanol–water partition coefficient (Wildman–Crippen LogP) is 7.28. The molecule has 5 rings (SSSR count). The number of benzene rings is 3. The molecule has 0 bridgehead atoms. The Labute approximate surface area is 279 Å². The molecule has 0 fully saturated rings. The number of hydrogen-bond donors (Lipinski definition) is 0. The second-order valence-corrected chi connectivity index (χ2v) is 12.1. The zero-order valence-electron chi connectivity index (χ0n) is 24.2. The molecule has 0 radical (unpaired) electrons. The topological polar surface area (TPSA) is 79.1 Å². The summed E-state index contributed by atoms with van der Waals surface area (Å²) in [5, 5.41) is 1.04. The third-order valence-electron chi connectivity index (χ3n) is 6.68. The van der Waals surface area contributed by atoms with E-state index in [2.05, 4.69) is 4.99 Å². The molecule has 0 spiro atoms. The molecule has 3 aromatic carbocycles. The number of hydrogen-bond acceptors (Lipinski definition) is 7. The van der Waals surface area contributed by atoms with Crippen molar-refractivity contribution in [1.82, 2.24) is 4.57 Å². The van der Waals surface area contributed by atoms with Gasteiger partial charge in [-0.1, -0.05) is 70.4 Å². The monoisotopic (exact) mass is 710 g/mol. The van der Waals surface area contributed by atoms with E-state index in [0.717, 1.165) is 21.5 Å². The normalized spacial score (nSPS) is 15.0. The molecule has 1 aliphatic rings. The first-order valence-corrected chi connectivity index (χ1v) is 15.8. The molecular formula is C32H24Cl3F3N2O5S. The summed E-state index contributed by atoms with van der Waals surface area (Å²) in [5.74, 6) is -0.688. The molecule has 0 N–H and O–H groups in total. The van der Waals surface area contributed by atoms with Crippen LogP contribution in [0.1, 0.15) is 36.6 Å². The number of carbonyl (C=O) groups excluding carboxylic acids is 1. The van der Waals surface area contributed by atoms with Gasteiger partial charge in [0.05, 0.1) is 34.4 Å². The minimum Gasteiger partial charge on any atom is -0.490 e. The predicted molar refractivity (Wildman–Crippen MR) is 171 cm³/mol. The molecule has 7 nitrogen and oxygen atoms in total.